The summed E-state index contributed by atoms with van der Waals surface area (Å²) >= 11 is 3.58. The molecule has 116 valence electrons. The van der Waals surface area contributed by atoms with E-state index in [1.54, 1.807) is 4.90 Å². The van der Waals surface area contributed by atoms with Crippen molar-refractivity contribution < 1.29 is 9.53 Å². The first-order valence-electron chi connectivity index (χ1n) is 7.24. The summed E-state index contributed by atoms with van der Waals surface area (Å²) in [5.41, 5.74) is 8.17. The summed E-state index contributed by atoms with van der Waals surface area (Å²) in [6, 6.07) is 6.25. The van der Waals surface area contributed by atoms with E-state index in [1.807, 2.05) is 13.8 Å². The number of hydrogen-bond donors (Lipinski definition) is 1. The predicted octanol–water partition coefficient (Wildman–Crippen LogP) is 2.75. The van der Waals surface area contributed by atoms with E-state index in [-0.39, 0.29) is 12.1 Å². The summed E-state index contributed by atoms with van der Waals surface area (Å²) in [5, 5.41) is 0. The number of nitrogens with zero attached hydrogens (tertiary/aromatic N) is 2. The zero-order chi connectivity index (χ0) is 15.4. The molecule has 1 aromatic carbocycles. The molecule has 2 N–H and O–H groups in total. The summed E-state index contributed by atoms with van der Waals surface area (Å²) in [5.74, 6) is 0. The summed E-state index contributed by atoms with van der Waals surface area (Å²) in [6.45, 7) is 7.21. The van der Waals surface area contributed by atoms with Gasteiger partial charge in [-0.15, -0.1) is 0 Å². The average molecular weight is 356 g/mol. The predicted molar refractivity (Wildman–Crippen MR) is 87.6 cm³/mol. The Morgan fingerprint density at radius 3 is 2.57 bits per heavy atom. The third-order valence-corrected chi connectivity index (χ3v) is 4.33. The molecule has 0 saturated carbocycles. The van der Waals surface area contributed by atoms with E-state index in [9.17, 15) is 4.79 Å². The minimum absolute atomic E-state index is 0.00841. The van der Waals surface area contributed by atoms with Crippen LogP contribution in [0.15, 0.2) is 22.7 Å². The van der Waals surface area contributed by atoms with E-state index in [2.05, 4.69) is 39.0 Å². The van der Waals surface area contributed by atoms with E-state index in [4.69, 9.17) is 10.5 Å². The number of benzene rings is 1. The molecule has 1 aliphatic heterocycles. The molecule has 1 amide bonds. The fourth-order valence-corrected chi connectivity index (χ4v) is 3.17. The van der Waals surface area contributed by atoms with Gasteiger partial charge < -0.3 is 20.3 Å². The van der Waals surface area contributed by atoms with Gasteiger partial charge in [-0.2, -0.15) is 0 Å². The van der Waals surface area contributed by atoms with Crippen molar-refractivity contribution >= 4 is 27.7 Å². The Kier molecular flexibility index (Phi) is 5.47. The van der Waals surface area contributed by atoms with Crippen LogP contribution in [0.2, 0.25) is 0 Å². The van der Waals surface area contributed by atoms with Crippen LogP contribution in [0, 0.1) is 0 Å². The van der Waals surface area contributed by atoms with Crippen LogP contribution >= 0.6 is 15.9 Å². The number of carbonyl (C=O) groups is 1. The highest BCUT2D eigenvalue weighted by atomic mass is 79.9. The lowest BCUT2D eigenvalue weighted by Crippen LogP contribution is -2.49. The molecular weight excluding hydrogens is 334 g/mol. The van der Waals surface area contributed by atoms with E-state index < -0.39 is 0 Å². The molecule has 0 aliphatic carbocycles. The lowest BCUT2D eigenvalue weighted by Gasteiger charge is -2.35. The maximum absolute atomic E-state index is 11.7. The molecule has 0 radical (unpaired) electrons. The first-order chi connectivity index (χ1) is 10.0. The zero-order valence-electron chi connectivity index (χ0n) is 12.5. The fraction of sp³-hybridized carbons (Fsp3) is 0.533. The lowest BCUT2D eigenvalue weighted by molar-refractivity contribution is 0.105. The highest BCUT2D eigenvalue weighted by Gasteiger charge is 2.22. The Bertz CT molecular complexity index is 500. The molecule has 1 saturated heterocycles. The molecule has 0 aromatic heterocycles. The smallest absolute Gasteiger partial charge is 0.409 e. The van der Waals surface area contributed by atoms with Crippen molar-refractivity contribution in [2.45, 2.75) is 19.9 Å². The third kappa shape index (κ3) is 3.89. The van der Waals surface area contributed by atoms with Crippen LogP contribution in [0.3, 0.4) is 0 Å². The highest BCUT2D eigenvalue weighted by Crippen LogP contribution is 2.28. The Morgan fingerprint density at radius 2 is 2.05 bits per heavy atom. The lowest BCUT2D eigenvalue weighted by atomic mass is 10.1. The number of carbonyl (C=O) groups excluding carboxylic acids is 1. The summed E-state index contributed by atoms with van der Waals surface area (Å²) in [7, 11) is 0. The van der Waals surface area contributed by atoms with Crippen LogP contribution in [0.1, 0.15) is 25.5 Å². The molecule has 0 bridgehead atoms. The number of hydrogen-bond acceptors (Lipinski definition) is 4. The van der Waals surface area contributed by atoms with E-state index >= 15 is 0 Å². The Hall–Kier alpha value is -1.27. The number of piperazine rings is 1. The largest absolute Gasteiger partial charge is 0.450 e. The molecule has 1 aromatic rings. The van der Waals surface area contributed by atoms with Crippen molar-refractivity contribution in [2.24, 2.45) is 5.73 Å². The molecule has 0 spiro atoms. The Morgan fingerprint density at radius 1 is 1.38 bits per heavy atom. The molecule has 2 rings (SSSR count). The van der Waals surface area contributed by atoms with Gasteiger partial charge in [0, 0.05) is 42.4 Å². The van der Waals surface area contributed by atoms with Gasteiger partial charge in [-0.05, 0) is 31.5 Å². The first-order valence-corrected chi connectivity index (χ1v) is 8.04. The molecule has 1 atom stereocenters. The quantitative estimate of drug-likeness (QED) is 0.905. The van der Waals surface area contributed by atoms with E-state index in [1.165, 1.54) is 0 Å². The van der Waals surface area contributed by atoms with E-state index in [0.717, 1.165) is 28.8 Å². The van der Waals surface area contributed by atoms with Crippen LogP contribution in [0.25, 0.3) is 0 Å². The topological polar surface area (TPSA) is 58.8 Å². The standard InChI is InChI=1S/C15H22BrN3O2/c1-3-21-15(20)19-8-6-18(7-9-19)12-4-5-13(11(2)17)14(16)10-12/h4-5,10-11H,3,6-9,17H2,1-2H3/t11-/m1/s1. The fourth-order valence-electron chi connectivity index (χ4n) is 2.44. The number of anilines is 1. The van der Waals surface area contributed by atoms with Gasteiger partial charge in [-0.25, -0.2) is 4.79 Å². The van der Waals surface area contributed by atoms with Crippen molar-refractivity contribution in [3.63, 3.8) is 0 Å². The van der Waals surface area contributed by atoms with Crippen LogP contribution in [0.4, 0.5) is 10.5 Å². The minimum atomic E-state index is -0.217. The number of rotatable bonds is 3. The van der Waals surface area contributed by atoms with Crippen molar-refractivity contribution in [2.75, 3.05) is 37.7 Å². The van der Waals surface area contributed by atoms with Crippen LogP contribution in [-0.4, -0.2) is 43.8 Å². The Balaban J connectivity index is 1.99. The van der Waals surface area contributed by atoms with Crippen molar-refractivity contribution in [1.82, 2.24) is 4.90 Å². The molecule has 5 nitrogen and oxygen atoms in total. The molecule has 1 fully saturated rings. The van der Waals surface area contributed by atoms with Crippen LogP contribution < -0.4 is 10.6 Å². The van der Waals surface area contributed by atoms with Gasteiger partial charge in [0.15, 0.2) is 0 Å². The number of ether oxygens (including phenoxy) is 1. The molecule has 1 heterocycles. The third-order valence-electron chi connectivity index (χ3n) is 3.65. The second-order valence-electron chi connectivity index (χ2n) is 5.17. The van der Waals surface area contributed by atoms with Gasteiger partial charge in [0.1, 0.15) is 0 Å². The average Bonchev–Trinajstić information content (AvgIpc) is 2.47. The highest BCUT2D eigenvalue weighted by molar-refractivity contribution is 9.10. The molecule has 21 heavy (non-hydrogen) atoms. The number of amides is 1. The summed E-state index contributed by atoms with van der Waals surface area (Å²) in [4.78, 5) is 15.7. The van der Waals surface area contributed by atoms with Gasteiger partial charge in [0.25, 0.3) is 0 Å². The molecule has 6 heteroatoms. The molecular formula is C15H22BrN3O2. The maximum Gasteiger partial charge on any atom is 0.409 e. The maximum atomic E-state index is 11.7. The second kappa shape index (κ2) is 7.13. The van der Waals surface area contributed by atoms with Gasteiger partial charge in [-0.3, -0.25) is 0 Å². The second-order valence-corrected chi connectivity index (χ2v) is 6.02. The van der Waals surface area contributed by atoms with Crippen LogP contribution in [-0.2, 0) is 4.74 Å². The van der Waals surface area contributed by atoms with Gasteiger partial charge >= 0.3 is 6.09 Å². The van der Waals surface area contributed by atoms with Crippen molar-refractivity contribution in [3.05, 3.63) is 28.2 Å². The minimum Gasteiger partial charge on any atom is -0.450 e. The molecule has 1 aliphatic rings. The van der Waals surface area contributed by atoms with E-state index in [0.29, 0.717) is 19.7 Å². The van der Waals surface area contributed by atoms with Crippen molar-refractivity contribution in [1.29, 1.82) is 0 Å². The normalized spacial score (nSPS) is 16.8. The van der Waals surface area contributed by atoms with Gasteiger partial charge in [0.05, 0.1) is 6.61 Å². The number of nitrogens with two attached hydrogens (primary N) is 1. The summed E-state index contributed by atoms with van der Waals surface area (Å²) < 4.78 is 6.06. The van der Waals surface area contributed by atoms with Gasteiger partial charge in [-0.1, -0.05) is 22.0 Å². The van der Waals surface area contributed by atoms with Gasteiger partial charge in [0.2, 0.25) is 0 Å². The van der Waals surface area contributed by atoms with Crippen LogP contribution in [0.5, 0.6) is 0 Å². The first kappa shape index (κ1) is 16.1. The molecule has 0 unspecified atom stereocenters. The van der Waals surface area contributed by atoms with Crippen molar-refractivity contribution in [3.8, 4) is 0 Å². The Labute approximate surface area is 134 Å². The zero-order valence-corrected chi connectivity index (χ0v) is 14.1. The SMILES string of the molecule is CCOC(=O)N1CCN(c2ccc([C@@H](C)N)c(Br)c2)CC1. The summed E-state index contributed by atoms with van der Waals surface area (Å²) in [6.07, 6.45) is -0.217. The monoisotopic (exact) mass is 355 g/mol. The number of halogens is 1.